The van der Waals surface area contributed by atoms with Gasteiger partial charge in [-0.3, -0.25) is 4.79 Å². The average Bonchev–Trinajstić information content (AvgIpc) is 2.17. The molecule has 1 unspecified atom stereocenters. The van der Waals surface area contributed by atoms with Crippen molar-refractivity contribution in [2.45, 2.75) is 17.9 Å². The Labute approximate surface area is 99.3 Å². The third-order valence-corrected chi connectivity index (χ3v) is 2.49. The predicted molar refractivity (Wildman–Crippen MR) is 63.5 cm³/mol. The highest BCUT2D eigenvalue weighted by Gasteiger charge is 2.05. The second-order valence-corrected chi connectivity index (χ2v) is 4.81. The fourth-order valence-corrected chi connectivity index (χ4v) is 1.26. The number of anilines is 1. The van der Waals surface area contributed by atoms with Gasteiger partial charge in [0, 0.05) is 5.69 Å². The quantitative estimate of drug-likeness (QED) is 0.519. The van der Waals surface area contributed by atoms with E-state index in [4.69, 9.17) is 21.7 Å². The van der Waals surface area contributed by atoms with E-state index in [1.807, 2.05) is 0 Å². The second-order valence-electron chi connectivity index (χ2n) is 3.24. The summed E-state index contributed by atoms with van der Waals surface area (Å²) in [6, 6.07) is 5.11. The number of carbonyl (C=O) groups is 1. The van der Waals surface area contributed by atoms with E-state index in [1.54, 1.807) is 6.07 Å². The minimum atomic E-state index is -3.61. The maximum Gasteiger partial charge on any atom is 0.320 e. The van der Waals surface area contributed by atoms with Crippen LogP contribution in [0.2, 0.25) is 0 Å². The topological polar surface area (TPSA) is 150 Å². The summed E-state index contributed by atoms with van der Waals surface area (Å²) in [5.41, 5.74) is 10.6. The van der Waals surface area contributed by atoms with Crippen LogP contribution in [0.1, 0.15) is 6.92 Å². The first-order valence-electron chi connectivity index (χ1n) is 4.51. The van der Waals surface area contributed by atoms with Gasteiger partial charge < -0.3 is 16.6 Å². The highest BCUT2D eigenvalue weighted by molar-refractivity contribution is 7.89. The molecule has 17 heavy (non-hydrogen) atoms. The first kappa shape index (κ1) is 15.4. The fraction of sp³-hybridized carbons (Fsp3) is 0.222. The van der Waals surface area contributed by atoms with E-state index in [2.05, 4.69) is 0 Å². The molecule has 8 heteroatoms. The number of primary sulfonamides is 1. The third-order valence-electron chi connectivity index (χ3n) is 1.58. The van der Waals surface area contributed by atoms with Gasteiger partial charge in [0.15, 0.2) is 0 Å². The lowest BCUT2D eigenvalue weighted by Gasteiger charge is -1.97. The van der Waals surface area contributed by atoms with Gasteiger partial charge in [0.1, 0.15) is 6.04 Å². The van der Waals surface area contributed by atoms with Crippen molar-refractivity contribution in [1.82, 2.24) is 0 Å². The molecule has 96 valence electrons. The number of nitrogens with two attached hydrogens (primary N) is 3. The Morgan fingerprint density at radius 2 is 1.88 bits per heavy atom. The minimum absolute atomic E-state index is 0.0394. The molecule has 0 saturated heterocycles. The summed E-state index contributed by atoms with van der Waals surface area (Å²) in [4.78, 5) is 9.61. The van der Waals surface area contributed by atoms with Gasteiger partial charge in [-0.15, -0.1) is 0 Å². The zero-order chi connectivity index (χ0) is 13.6. The molecule has 0 amide bonds. The molecule has 0 aromatic heterocycles. The normalized spacial score (nSPS) is 12.2. The molecule has 0 aliphatic rings. The van der Waals surface area contributed by atoms with E-state index in [0.717, 1.165) is 0 Å². The molecule has 1 rings (SSSR count). The van der Waals surface area contributed by atoms with E-state index in [0.29, 0.717) is 5.69 Å². The number of carboxylic acids is 1. The summed E-state index contributed by atoms with van der Waals surface area (Å²) in [6.07, 6.45) is 0. The van der Waals surface area contributed by atoms with Gasteiger partial charge in [0.05, 0.1) is 4.90 Å². The Morgan fingerprint density at radius 3 is 2.12 bits per heavy atom. The zero-order valence-corrected chi connectivity index (χ0v) is 10.0. The Hall–Kier alpha value is -1.64. The van der Waals surface area contributed by atoms with E-state index in [-0.39, 0.29) is 4.90 Å². The molecule has 0 bridgehead atoms. The van der Waals surface area contributed by atoms with Gasteiger partial charge in [-0.05, 0) is 25.1 Å². The van der Waals surface area contributed by atoms with Crippen molar-refractivity contribution in [3.63, 3.8) is 0 Å². The third kappa shape index (κ3) is 6.51. The summed E-state index contributed by atoms with van der Waals surface area (Å²) in [6.45, 7) is 1.42. The number of hydrogen-bond acceptors (Lipinski definition) is 5. The molecule has 0 aliphatic heterocycles. The SMILES string of the molecule is CC(N)C(=O)O.Nc1cccc(S(N)(=O)=O)c1. The Bertz CT molecular complexity index is 485. The van der Waals surface area contributed by atoms with Crippen LogP contribution in [0.4, 0.5) is 5.69 Å². The summed E-state index contributed by atoms with van der Waals surface area (Å²) in [5, 5.41) is 12.7. The molecule has 0 fully saturated rings. The molecule has 0 aliphatic carbocycles. The molecule has 1 atom stereocenters. The van der Waals surface area contributed by atoms with Crippen LogP contribution < -0.4 is 16.6 Å². The standard InChI is InChI=1S/C6H8N2O2S.C3H7NO2/c7-5-2-1-3-6(4-5)11(8,9)10;1-2(4)3(5)6/h1-4H,7H2,(H2,8,9,10);2H,4H2,1H3,(H,5,6). The molecule has 0 radical (unpaired) electrons. The van der Waals surface area contributed by atoms with Crippen LogP contribution in [-0.4, -0.2) is 25.5 Å². The molecule has 1 aromatic carbocycles. The number of carboxylic acid groups (broad SMARTS) is 1. The summed E-state index contributed by atoms with van der Waals surface area (Å²) in [7, 11) is -3.61. The first-order chi connectivity index (χ1) is 7.64. The van der Waals surface area contributed by atoms with Crippen LogP contribution in [0.25, 0.3) is 0 Å². The van der Waals surface area contributed by atoms with Crippen molar-refractivity contribution in [3.8, 4) is 0 Å². The molecule has 1 aromatic rings. The maximum atomic E-state index is 10.7. The number of nitrogen functional groups attached to an aromatic ring is 1. The van der Waals surface area contributed by atoms with Crippen LogP contribution in [0.15, 0.2) is 29.2 Å². The van der Waals surface area contributed by atoms with Crippen molar-refractivity contribution in [2.75, 3.05) is 5.73 Å². The van der Waals surface area contributed by atoms with Gasteiger partial charge in [0.25, 0.3) is 0 Å². The monoisotopic (exact) mass is 261 g/mol. The lowest BCUT2D eigenvalue weighted by Crippen LogP contribution is -2.25. The Balaban J connectivity index is 0.000000366. The molecule has 0 saturated carbocycles. The van der Waals surface area contributed by atoms with Crippen LogP contribution in [0, 0.1) is 0 Å². The highest BCUT2D eigenvalue weighted by atomic mass is 32.2. The summed E-state index contributed by atoms with van der Waals surface area (Å²) >= 11 is 0. The number of sulfonamides is 1. The van der Waals surface area contributed by atoms with Gasteiger partial charge in [-0.2, -0.15) is 0 Å². The Morgan fingerprint density at radius 1 is 1.41 bits per heavy atom. The van der Waals surface area contributed by atoms with Crippen molar-refractivity contribution in [2.24, 2.45) is 10.9 Å². The van der Waals surface area contributed by atoms with Crippen molar-refractivity contribution in [3.05, 3.63) is 24.3 Å². The van der Waals surface area contributed by atoms with Crippen LogP contribution in [0.3, 0.4) is 0 Å². The largest absolute Gasteiger partial charge is 0.480 e. The number of rotatable bonds is 2. The van der Waals surface area contributed by atoms with E-state index < -0.39 is 22.0 Å². The fourth-order valence-electron chi connectivity index (χ4n) is 0.692. The first-order valence-corrected chi connectivity index (χ1v) is 6.06. The molecule has 0 spiro atoms. The van der Waals surface area contributed by atoms with E-state index in [1.165, 1.54) is 25.1 Å². The molecular formula is C9H15N3O4S. The summed E-state index contributed by atoms with van der Waals surface area (Å²) < 4.78 is 21.4. The average molecular weight is 261 g/mol. The van der Waals surface area contributed by atoms with Gasteiger partial charge in [-0.25, -0.2) is 13.6 Å². The van der Waals surface area contributed by atoms with Crippen LogP contribution in [0.5, 0.6) is 0 Å². The predicted octanol–water partition coefficient (Wildman–Crippen LogP) is -0.666. The zero-order valence-electron chi connectivity index (χ0n) is 9.20. The van der Waals surface area contributed by atoms with Crippen LogP contribution >= 0.6 is 0 Å². The number of aliphatic carboxylic acids is 1. The van der Waals surface area contributed by atoms with E-state index >= 15 is 0 Å². The number of benzene rings is 1. The van der Waals surface area contributed by atoms with Gasteiger partial charge in [0.2, 0.25) is 10.0 Å². The Kier molecular flexibility index (Phi) is 5.59. The second kappa shape index (κ2) is 6.18. The minimum Gasteiger partial charge on any atom is -0.480 e. The lowest BCUT2D eigenvalue weighted by molar-refractivity contribution is -0.138. The lowest BCUT2D eigenvalue weighted by atomic mass is 10.3. The van der Waals surface area contributed by atoms with Crippen molar-refractivity contribution >= 4 is 21.7 Å². The van der Waals surface area contributed by atoms with Gasteiger partial charge >= 0.3 is 5.97 Å². The molecule has 7 nitrogen and oxygen atoms in total. The number of hydrogen-bond donors (Lipinski definition) is 4. The smallest absolute Gasteiger partial charge is 0.320 e. The molecule has 7 N–H and O–H groups in total. The van der Waals surface area contributed by atoms with Crippen LogP contribution in [-0.2, 0) is 14.8 Å². The maximum absolute atomic E-state index is 10.7. The molecular weight excluding hydrogens is 246 g/mol. The van der Waals surface area contributed by atoms with E-state index in [9.17, 15) is 13.2 Å². The van der Waals surface area contributed by atoms with Crippen molar-refractivity contribution < 1.29 is 18.3 Å². The molecule has 0 heterocycles. The highest BCUT2D eigenvalue weighted by Crippen LogP contribution is 2.09. The van der Waals surface area contributed by atoms with Gasteiger partial charge in [-0.1, -0.05) is 6.07 Å². The van der Waals surface area contributed by atoms with Crippen molar-refractivity contribution in [1.29, 1.82) is 0 Å². The summed E-state index contributed by atoms with van der Waals surface area (Å²) in [5.74, 6) is -0.963.